The van der Waals surface area contributed by atoms with E-state index in [0.717, 1.165) is 24.1 Å². The van der Waals surface area contributed by atoms with Gasteiger partial charge in [-0.3, -0.25) is 4.79 Å². The summed E-state index contributed by atoms with van der Waals surface area (Å²) in [5.41, 5.74) is 3.26. The summed E-state index contributed by atoms with van der Waals surface area (Å²) in [6.45, 7) is 2.07. The van der Waals surface area contributed by atoms with Gasteiger partial charge in [0.15, 0.2) is 5.13 Å². The van der Waals surface area contributed by atoms with E-state index in [2.05, 4.69) is 41.5 Å². The lowest BCUT2D eigenvalue weighted by Gasteiger charge is -2.19. The quantitative estimate of drug-likeness (QED) is 0.897. The molecule has 3 rings (SSSR count). The van der Waals surface area contributed by atoms with Crippen molar-refractivity contribution in [1.82, 2.24) is 4.98 Å². The Kier molecular flexibility index (Phi) is 4.34. The zero-order valence-electron chi connectivity index (χ0n) is 12.3. The summed E-state index contributed by atoms with van der Waals surface area (Å²) in [5.74, 6) is 0.310. The molecule has 3 nitrogen and oxygen atoms in total. The van der Waals surface area contributed by atoms with E-state index in [9.17, 15) is 4.79 Å². The summed E-state index contributed by atoms with van der Waals surface area (Å²) < 4.78 is 0. The van der Waals surface area contributed by atoms with Crippen molar-refractivity contribution in [3.05, 3.63) is 35.2 Å². The molecule has 0 atom stereocenters. The SMILES string of the molecule is Cc1ccc(-c2csc(NC(=O)C3CCCCC3)n2)cc1. The van der Waals surface area contributed by atoms with Crippen molar-refractivity contribution in [2.45, 2.75) is 39.0 Å². The Balaban J connectivity index is 1.67. The van der Waals surface area contributed by atoms with Gasteiger partial charge >= 0.3 is 0 Å². The fourth-order valence-electron chi connectivity index (χ4n) is 2.76. The summed E-state index contributed by atoms with van der Waals surface area (Å²) in [6.07, 6.45) is 5.64. The first-order chi connectivity index (χ1) is 10.2. The highest BCUT2D eigenvalue weighted by molar-refractivity contribution is 7.14. The van der Waals surface area contributed by atoms with Crippen LogP contribution in [0, 0.1) is 12.8 Å². The van der Waals surface area contributed by atoms with Crippen LogP contribution in [0.25, 0.3) is 11.3 Å². The number of rotatable bonds is 3. The highest BCUT2D eigenvalue weighted by Crippen LogP contribution is 2.28. The van der Waals surface area contributed by atoms with Crippen molar-refractivity contribution in [1.29, 1.82) is 0 Å². The van der Waals surface area contributed by atoms with Crippen LogP contribution in [0.5, 0.6) is 0 Å². The lowest BCUT2D eigenvalue weighted by molar-refractivity contribution is -0.120. The van der Waals surface area contributed by atoms with Gasteiger partial charge in [-0.05, 0) is 19.8 Å². The van der Waals surface area contributed by atoms with Crippen molar-refractivity contribution in [3.63, 3.8) is 0 Å². The molecule has 1 amide bonds. The van der Waals surface area contributed by atoms with Gasteiger partial charge < -0.3 is 5.32 Å². The fraction of sp³-hybridized carbons (Fsp3) is 0.412. The Morgan fingerprint density at radius 3 is 2.62 bits per heavy atom. The topological polar surface area (TPSA) is 42.0 Å². The van der Waals surface area contributed by atoms with E-state index in [-0.39, 0.29) is 11.8 Å². The van der Waals surface area contributed by atoms with E-state index in [1.54, 1.807) is 0 Å². The zero-order chi connectivity index (χ0) is 14.7. The third kappa shape index (κ3) is 3.50. The molecular weight excluding hydrogens is 280 g/mol. The lowest BCUT2D eigenvalue weighted by Crippen LogP contribution is -2.24. The maximum absolute atomic E-state index is 12.2. The van der Waals surface area contributed by atoms with E-state index in [4.69, 9.17) is 0 Å². The van der Waals surface area contributed by atoms with E-state index >= 15 is 0 Å². The van der Waals surface area contributed by atoms with Crippen molar-refractivity contribution >= 4 is 22.4 Å². The Labute approximate surface area is 129 Å². The van der Waals surface area contributed by atoms with Crippen molar-refractivity contribution in [3.8, 4) is 11.3 Å². The molecule has 1 fully saturated rings. The Hall–Kier alpha value is -1.68. The minimum absolute atomic E-state index is 0.138. The summed E-state index contributed by atoms with van der Waals surface area (Å²) >= 11 is 1.50. The van der Waals surface area contributed by atoms with Crippen LogP contribution >= 0.6 is 11.3 Å². The molecule has 2 aromatic rings. The molecular formula is C17H20N2OS. The molecule has 1 aliphatic carbocycles. The van der Waals surface area contributed by atoms with Crippen molar-refractivity contribution < 1.29 is 4.79 Å². The average Bonchev–Trinajstić information content (AvgIpc) is 2.97. The third-order valence-electron chi connectivity index (χ3n) is 4.06. The van der Waals surface area contributed by atoms with Crippen LogP contribution in [0.4, 0.5) is 5.13 Å². The predicted molar refractivity (Wildman–Crippen MR) is 87.5 cm³/mol. The lowest BCUT2D eigenvalue weighted by atomic mass is 9.89. The molecule has 0 unspecified atom stereocenters. The summed E-state index contributed by atoms with van der Waals surface area (Å²) in [4.78, 5) is 16.7. The molecule has 0 saturated heterocycles. The minimum atomic E-state index is 0.138. The standard InChI is InChI=1S/C17H20N2OS/c1-12-7-9-13(10-8-12)15-11-21-17(18-15)19-16(20)14-5-3-2-4-6-14/h7-11,14H,2-6H2,1H3,(H,18,19,20). The highest BCUT2D eigenvalue weighted by atomic mass is 32.1. The molecule has 1 aromatic heterocycles. The van der Waals surface area contributed by atoms with Crippen LogP contribution in [-0.4, -0.2) is 10.9 Å². The first-order valence-corrected chi connectivity index (χ1v) is 8.44. The molecule has 0 spiro atoms. The zero-order valence-corrected chi connectivity index (χ0v) is 13.1. The number of benzene rings is 1. The molecule has 0 aliphatic heterocycles. The van der Waals surface area contributed by atoms with Crippen LogP contribution in [0.3, 0.4) is 0 Å². The number of nitrogens with zero attached hydrogens (tertiary/aromatic N) is 1. The largest absolute Gasteiger partial charge is 0.302 e. The molecule has 1 aromatic carbocycles. The van der Waals surface area contributed by atoms with Gasteiger partial charge in [-0.15, -0.1) is 11.3 Å². The van der Waals surface area contributed by atoms with Gasteiger partial charge in [-0.2, -0.15) is 0 Å². The number of nitrogens with one attached hydrogen (secondary N) is 1. The fourth-order valence-corrected chi connectivity index (χ4v) is 3.48. The number of thiazole rings is 1. The number of amides is 1. The Morgan fingerprint density at radius 2 is 1.90 bits per heavy atom. The number of hydrogen-bond acceptors (Lipinski definition) is 3. The van der Waals surface area contributed by atoms with E-state index in [1.807, 2.05) is 5.38 Å². The second-order valence-electron chi connectivity index (χ2n) is 5.73. The molecule has 21 heavy (non-hydrogen) atoms. The van der Waals surface area contributed by atoms with Gasteiger partial charge in [0, 0.05) is 16.9 Å². The maximum atomic E-state index is 12.2. The number of anilines is 1. The molecule has 1 aliphatic rings. The van der Waals surface area contributed by atoms with Crippen molar-refractivity contribution in [2.24, 2.45) is 5.92 Å². The van der Waals surface area contributed by atoms with Gasteiger partial charge in [0.2, 0.25) is 5.91 Å². The van der Waals surface area contributed by atoms with Crippen LogP contribution in [0.2, 0.25) is 0 Å². The van der Waals surface area contributed by atoms with Crippen LogP contribution in [0.1, 0.15) is 37.7 Å². The molecule has 4 heteroatoms. The molecule has 1 heterocycles. The minimum Gasteiger partial charge on any atom is -0.302 e. The number of aryl methyl sites for hydroxylation is 1. The second-order valence-corrected chi connectivity index (χ2v) is 6.59. The first-order valence-electron chi connectivity index (χ1n) is 7.56. The number of aromatic nitrogens is 1. The molecule has 1 N–H and O–H groups in total. The first kappa shape index (κ1) is 14.3. The highest BCUT2D eigenvalue weighted by Gasteiger charge is 2.21. The Morgan fingerprint density at radius 1 is 1.19 bits per heavy atom. The van der Waals surface area contributed by atoms with Crippen molar-refractivity contribution in [2.75, 3.05) is 5.32 Å². The summed E-state index contributed by atoms with van der Waals surface area (Å²) in [5, 5.41) is 5.69. The van der Waals surface area contributed by atoms with Crippen LogP contribution < -0.4 is 5.32 Å². The summed E-state index contributed by atoms with van der Waals surface area (Å²) in [6, 6.07) is 8.29. The number of carbonyl (C=O) groups excluding carboxylic acids is 1. The molecule has 110 valence electrons. The predicted octanol–water partition coefficient (Wildman–Crippen LogP) is 4.64. The van der Waals surface area contributed by atoms with Gasteiger partial charge in [-0.25, -0.2) is 4.98 Å². The molecule has 0 bridgehead atoms. The second kappa shape index (κ2) is 6.39. The maximum Gasteiger partial charge on any atom is 0.229 e. The van der Waals surface area contributed by atoms with E-state index in [0.29, 0.717) is 5.13 Å². The van der Waals surface area contributed by atoms with E-state index < -0.39 is 0 Å². The summed E-state index contributed by atoms with van der Waals surface area (Å²) in [7, 11) is 0. The van der Waals surface area contributed by atoms with Crippen LogP contribution in [-0.2, 0) is 4.79 Å². The normalized spacial score (nSPS) is 15.9. The third-order valence-corrected chi connectivity index (χ3v) is 4.82. The smallest absolute Gasteiger partial charge is 0.229 e. The number of carbonyl (C=O) groups is 1. The van der Waals surface area contributed by atoms with Crippen LogP contribution in [0.15, 0.2) is 29.6 Å². The monoisotopic (exact) mass is 300 g/mol. The van der Waals surface area contributed by atoms with Gasteiger partial charge in [-0.1, -0.05) is 49.1 Å². The molecule has 1 saturated carbocycles. The van der Waals surface area contributed by atoms with Gasteiger partial charge in [0.25, 0.3) is 0 Å². The van der Waals surface area contributed by atoms with E-state index in [1.165, 1.54) is 36.2 Å². The average molecular weight is 300 g/mol. The Bertz CT molecular complexity index is 612. The molecule has 0 radical (unpaired) electrons. The van der Waals surface area contributed by atoms with Gasteiger partial charge in [0.05, 0.1) is 5.69 Å². The number of hydrogen-bond donors (Lipinski definition) is 1. The van der Waals surface area contributed by atoms with Gasteiger partial charge in [0.1, 0.15) is 0 Å².